The van der Waals surface area contributed by atoms with Crippen LogP contribution in [0.15, 0.2) is 48.5 Å². The number of rotatable bonds is 3. The van der Waals surface area contributed by atoms with Crippen LogP contribution in [-0.4, -0.2) is 0 Å². The maximum Gasteiger partial charge on any atom is 0.0720 e. The molecule has 0 aliphatic carbocycles. The molecule has 0 amide bonds. The lowest BCUT2D eigenvalue weighted by Crippen LogP contribution is -2.29. The number of hydrogen-bond donors (Lipinski definition) is 2. The second kappa shape index (κ2) is 5.82. The van der Waals surface area contributed by atoms with Crippen LogP contribution < -0.4 is 11.3 Å². The van der Waals surface area contributed by atoms with Crippen molar-refractivity contribution in [3.8, 4) is 0 Å². The summed E-state index contributed by atoms with van der Waals surface area (Å²) in [5, 5.41) is 0.716. The highest BCUT2D eigenvalue weighted by molar-refractivity contribution is 14.1. The lowest BCUT2D eigenvalue weighted by atomic mass is 9.99. The highest BCUT2D eigenvalue weighted by Gasteiger charge is 2.14. The molecular weight excluding hydrogens is 347 g/mol. The zero-order valence-electron chi connectivity index (χ0n) is 9.03. The third kappa shape index (κ3) is 2.98. The second-order valence-electron chi connectivity index (χ2n) is 3.68. The first kappa shape index (κ1) is 12.8. The molecule has 88 valence electrons. The van der Waals surface area contributed by atoms with Crippen LogP contribution >= 0.6 is 34.2 Å². The molecule has 0 bridgehead atoms. The summed E-state index contributed by atoms with van der Waals surface area (Å²) in [6.45, 7) is 0. The highest BCUT2D eigenvalue weighted by Crippen LogP contribution is 2.26. The quantitative estimate of drug-likeness (QED) is 0.501. The van der Waals surface area contributed by atoms with E-state index in [0.29, 0.717) is 5.02 Å². The standard InChI is InChI=1S/C13H12ClIN2/c14-10-5-3-4-9(8-10)13(17-16)11-6-1-2-7-12(11)15/h1-8,13,17H,16H2. The van der Waals surface area contributed by atoms with Gasteiger partial charge in [-0.2, -0.15) is 0 Å². The van der Waals surface area contributed by atoms with Crippen molar-refractivity contribution in [3.63, 3.8) is 0 Å². The van der Waals surface area contributed by atoms with E-state index in [-0.39, 0.29) is 6.04 Å². The van der Waals surface area contributed by atoms with E-state index in [1.165, 1.54) is 3.57 Å². The fraction of sp³-hybridized carbons (Fsp3) is 0.0769. The fourth-order valence-corrected chi connectivity index (χ4v) is 2.66. The van der Waals surface area contributed by atoms with Crippen molar-refractivity contribution >= 4 is 34.2 Å². The Hall–Kier alpha value is -0.620. The van der Waals surface area contributed by atoms with Gasteiger partial charge in [0.2, 0.25) is 0 Å². The topological polar surface area (TPSA) is 38.0 Å². The average molecular weight is 359 g/mol. The van der Waals surface area contributed by atoms with Crippen molar-refractivity contribution in [2.75, 3.05) is 0 Å². The Morgan fingerprint density at radius 3 is 2.53 bits per heavy atom. The molecule has 4 heteroatoms. The SMILES string of the molecule is NNC(c1cccc(Cl)c1)c1ccccc1I. The first-order valence-electron chi connectivity index (χ1n) is 5.18. The van der Waals surface area contributed by atoms with Gasteiger partial charge in [0.25, 0.3) is 0 Å². The monoisotopic (exact) mass is 358 g/mol. The van der Waals surface area contributed by atoms with Gasteiger partial charge in [0.15, 0.2) is 0 Å². The largest absolute Gasteiger partial charge is 0.271 e. The lowest BCUT2D eigenvalue weighted by Gasteiger charge is -2.18. The predicted octanol–water partition coefficient (Wildman–Crippen LogP) is 3.50. The van der Waals surface area contributed by atoms with Gasteiger partial charge in [-0.05, 0) is 51.9 Å². The van der Waals surface area contributed by atoms with Gasteiger partial charge in [-0.15, -0.1) is 0 Å². The summed E-state index contributed by atoms with van der Waals surface area (Å²) < 4.78 is 1.17. The van der Waals surface area contributed by atoms with Gasteiger partial charge in [-0.3, -0.25) is 5.84 Å². The molecule has 0 aliphatic heterocycles. The summed E-state index contributed by atoms with van der Waals surface area (Å²) in [6, 6.07) is 15.8. The Labute approximate surface area is 119 Å². The van der Waals surface area contributed by atoms with Gasteiger partial charge in [0, 0.05) is 8.59 Å². The molecule has 2 aromatic rings. The number of benzene rings is 2. The van der Waals surface area contributed by atoms with Crippen molar-refractivity contribution in [2.24, 2.45) is 5.84 Å². The minimum atomic E-state index is -0.0400. The highest BCUT2D eigenvalue weighted by atomic mass is 127. The van der Waals surface area contributed by atoms with Crippen molar-refractivity contribution in [2.45, 2.75) is 6.04 Å². The summed E-state index contributed by atoms with van der Waals surface area (Å²) in [6.07, 6.45) is 0. The molecule has 2 nitrogen and oxygen atoms in total. The summed E-state index contributed by atoms with van der Waals surface area (Å²) in [5.41, 5.74) is 5.05. The van der Waals surface area contributed by atoms with E-state index in [1.54, 1.807) is 0 Å². The molecule has 3 N–H and O–H groups in total. The Bertz CT molecular complexity index is 516. The molecule has 17 heavy (non-hydrogen) atoms. The molecule has 0 aromatic heterocycles. The number of nitrogens with two attached hydrogens (primary N) is 1. The van der Waals surface area contributed by atoms with Crippen LogP contribution in [0.4, 0.5) is 0 Å². The van der Waals surface area contributed by atoms with E-state index in [1.807, 2.05) is 36.4 Å². The van der Waals surface area contributed by atoms with Crippen LogP contribution in [-0.2, 0) is 0 Å². The number of nitrogens with one attached hydrogen (secondary N) is 1. The second-order valence-corrected chi connectivity index (χ2v) is 5.27. The number of hydrazine groups is 1. The molecule has 0 aliphatic rings. The van der Waals surface area contributed by atoms with Gasteiger partial charge >= 0.3 is 0 Å². The third-order valence-corrected chi connectivity index (χ3v) is 3.78. The normalized spacial score (nSPS) is 12.4. The summed E-state index contributed by atoms with van der Waals surface area (Å²) in [4.78, 5) is 0. The fourth-order valence-electron chi connectivity index (χ4n) is 1.76. The predicted molar refractivity (Wildman–Crippen MR) is 79.8 cm³/mol. The van der Waals surface area contributed by atoms with Crippen LogP contribution in [0.1, 0.15) is 17.2 Å². The maximum absolute atomic E-state index is 6.00. The summed E-state index contributed by atoms with van der Waals surface area (Å²) in [5.74, 6) is 5.66. The zero-order chi connectivity index (χ0) is 12.3. The van der Waals surface area contributed by atoms with Crippen LogP contribution in [0, 0.1) is 3.57 Å². The Morgan fingerprint density at radius 2 is 1.88 bits per heavy atom. The van der Waals surface area contributed by atoms with Crippen LogP contribution in [0.3, 0.4) is 0 Å². The molecule has 0 radical (unpaired) electrons. The Kier molecular flexibility index (Phi) is 4.39. The van der Waals surface area contributed by atoms with Crippen LogP contribution in [0.2, 0.25) is 5.02 Å². The van der Waals surface area contributed by atoms with E-state index >= 15 is 0 Å². The number of halogens is 2. The Morgan fingerprint density at radius 1 is 1.12 bits per heavy atom. The minimum absolute atomic E-state index is 0.0400. The maximum atomic E-state index is 6.00. The number of hydrogen-bond acceptors (Lipinski definition) is 2. The first-order valence-corrected chi connectivity index (χ1v) is 6.64. The van der Waals surface area contributed by atoms with Crippen LogP contribution in [0.25, 0.3) is 0 Å². The van der Waals surface area contributed by atoms with Gasteiger partial charge in [0.1, 0.15) is 0 Å². The van der Waals surface area contributed by atoms with Gasteiger partial charge < -0.3 is 0 Å². The van der Waals surface area contributed by atoms with Crippen molar-refractivity contribution in [1.82, 2.24) is 5.43 Å². The first-order chi connectivity index (χ1) is 8.22. The molecule has 2 rings (SSSR count). The molecule has 1 unspecified atom stereocenters. The summed E-state index contributed by atoms with van der Waals surface area (Å²) in [7, 11) is 0. The van der Waals surface area contributed by atoms with E-state index < -0.39 is 0 Å². The third-order valence-electron chi connectivity index (χ3n) is 2.56. The molecule has 0 saturated heterocycles. The average Bonchev–Trinajstić information content (AvgIpc) is 2.33. The van der Waals surface area contributed by atoms with Crippen molar-refractivity contribution in [3.05, 3.63) is 68.3 Å². The molecule has 2 aromatic carbocycles. The molecule has 0 fully saturated rings. The molecule has 1 atom stereocenters. The van der Waals surface area contributed by atoms with E-state index in [2.05, 4.69) is 40.1 Å². The Balaban J connectivity index is 2.44. The molecule has 0 spiro atoms. The zero-order valence-corrected chi connectivity index (χ0v) is 11.9. The molecule has 0 heterocycles. The van der Waals surface area contributed by atoms with E-state index in [9.17, 15) is 0 Å². The minimum Gasteiger partial charge on any atom is -0.271 e. The summed E-state index contributed by atoms with van der Waals surface area (Å²) >= 11 is 8.31. The van der Waals surface area contributed by atoms with Gasteiger partial charge in [-0.25, -0.2) is 5.43 Å². The lowest BCUT2D eigenvalue weighted by molar-refractivity contribution is 0.634. The van der Waals surface area contributed by atoms with Crippen LogP contribution in [0.5, 0.6) is 0 Å². The van der Waals surface area contributed by atoms with Gasteiger partial charge in [0.05, 0.1) is 6.04 Å². The van der Waals surface area contributed by atoms with E-state index in [4.69, 9.17) is 17.4 Å². The van der Waals surface area contributed by atoms with E-state index in [0.717, 1.165) is 11.1 Å². The van der Waals surface area contributed by atoms with Crippen molar-refractivity contribution in [1.29, 1.82) is 0 Å². The van der Waals surface area contributed by atoms with Gasteiger partial charge in [-0.1, -0.05) is 41.9 Å². The smallest absolute Gasteiger partial charge is 0.0720 e. The molecular formula is C13H12ClIN2. The molecule has 0 saturated carbocycles. The van der Waals surface area contributed by atoms with Crippen molar-refractivity contribution < 1.29 is 0 Å².